The molecule has 0 atom stereocenters. The SMILES string of the molecule is O=C(c1ccc2c(c1)CCO2)N1CCC(Oc2ccc3c(c2)CCN(C2=CC=C2)CC3)CC1. The molecule has 0 aromatic heterocycles. The Hall–Kier alpha value is -3.21. The van der Waals surface area contributed by atoms with Gasteiger partial charge >= 0.3 is 0 Å². The van der Waals surface area contributed by atoms with Crippen LogP contribution in [0.2, 0.25) is 0 Å². The van der Waals surface area contributed by atoms with Gasteiger partial charge in [0, 0.05) is 56.7 Å². The highest BCUT2D eigenvalue weighted by atomic mass is 16.5. The summed E-state index contributed by atoms with van der Waals surface area (Å²) >= 11 is 0. The van der Waals surface area contributed by atoms with E-state index >= 15 is 0 Å². The first kappa shape index (κ1) is 20.4. The zero-order chi connectivity index (χ0) is 22.2. The number of piperidine rings is 1. The van der Waals surface area contributed by atoms with Crippen molar-refractivity contribution >= 4 is 5.91 Å². The van der Waals surface area contributed by atoms with Gasteiger partial charge in [-0.2, -0.15) is 0 Å². The predicted molar refractivity (Wildman–Crippen MR) is 128 cm³/mol. The molecule has 4 aliphatic rings. The van der Waals surface area contributed by atoms with Crippen LogP contribution in [-0.2, 0) is 19.3 Å². The van der Waals surface area contributed by atoms with Crippen molar-refractivity contribution in [1.29, 1.82) is 0 Å². The van der Waals surface area contributed by atoms with Gasteiger partial charge in [0.05, 0.1) is 6.61 Å². The van der Waals surface area contributed by atoms with Gasteiger partial charge in [0.1, 0.15) is 17.6 Å². The molecule has 0 bridgehead atoms. The zero-order valence-electron chi connectivity index (χ0n) is 19.0. The lowest BCUT2D eigenvalue weighted by Crippen LogP contribution is -2.41. The Bertz CT molecular complexity index is 1130. The van der Waals surface area contributed by atoms with Gasteiger partial charge in [-0.3, -0.25) is 4.79 Å². The fourth-order valence-corrected chi connectivity index (χ4v) is 5.30. The van der Waals surface area contributed by atoms with Crippen LogP contribution in [0.25, 0.3) is 0 Å². The minimum atomic E-state index is 0.120. The van der Waals surface area contributed by atoms with Crippen molar-refractivity contribution < 1.29 is 14.3 Å². The van der Waals surface area contributed by atoms with Crippen molar-refractivity contribution in [2.45, 2.75) is 38.2 Å². The summed E-state index contributed by atoms with van der Waals surface area (Å²) in [6.07, 6.45) is 11.4. The molecule has 2 aromatic carbocycles. The smallest absolute Gasteiger partial charge is 0.253 e. The van der Waals surface area contributed by atoms with Crippen LogP contribution in [0.3, 0.4) is 0 Å². The van der Waals surface area contributed by atoms with Gasteiger partial charge in [0.2, 0.25) is 0 Å². The molecule has 1 aliphatic carbocycles. The van der Waals surface area contributed by atoms with Crippen LogP contribution in [0.15, 0.2) is 60.3 Å². The molecule has 0 radical (unpaired) electrons. The van der Waals surface area contributed by atoms with Crippen LogP contribution in [0.5, 0.6) is 11.5 Å². The maximum atomic E-state index is 13.0. The molecule has 5 nitrogen and oxygen atoms in total. The van der Waals surface area contributed by atoms with Crippen LogP contribution < -0.4 is 9.47 Å². The molecule has 5 heteroatoms. The van der Waals surface area contributed by atoms with E-state index in [4.69, 9.17) is 9.47 Å². The molecule has 2 aromatic rings. The third kappa shape index (κ3) is 4.12. The monoisotopic (exact) mass is 442 g/mol. The second-order valence-electron chi connectivity index (χ2n) is 9.40. The Morgan fingerprint density at radius 2 is 1.73 bits per heavy atom. The number of allylic oxidation sites excluding steroid dienone is 3. The van der Waals surface area contributed by atoms with Gasteiger partial charge in [-0.05, 0) is 72.0 Å². The number of hydrogen-bond acceptors (Lipinski definition) is 4. The highest BCUT2D eigenvalue weighted by Crippen LogP contribution is 2.29. The molecule has 0 unspecified atom stereocenters. The highest BCUT2D eigenvalue weighted by Gasteiger charge is 2.26. The standard InChI is InChI=1S/C28H30N2O3/c31-28(23-5-7-27-22(18-23)12-17-32-27)30-15-10-25(11-16-30)33-26-6-4-20-8-13-29(24-2-1-3-24)14-9-21(20)19-26/h1-7,18-19,25H,8-17H2. The van der Waals surface area contributed by atoms with Crippen LogP contribution in [0, 0.1) is 0 Å². The third-order valence-electron chi connectivity index (χ3n) is 7.35. The molecule has 1 saturated heterocycles. The summed E-state index contributed by atoms with van der Waals surface area (Å²) in [7, 11) is 0. The first-order chi connectivity index (χ1) is 16.2. The second-order valence-corrected chi connectivity index (χ2v) is 9.40. The molecule has 33 heavy (non-hydrogen) atoms. The minimum absolute atomic E-state index is 0.120. The van der Waals surface area contributed by atoms with Gasteiger partial charge in [-0.1, -0.05) is 12.1 Å². The number of hydrogen-bond donors (Lipinski definition) is 0. The summed E-state index contributed by atoms with van der Waals surface area (Å²) in [6.45, 7) is 4.32. The summed E-state index contributed by atoms with van der Waals surface area (Å²) in [5.74, 6) is 2.01. The van der Waals surface area contributed by atoms with Crippen molar-refractivity contribution in [3.05, 3.63) is 82.6 Å². The molecular weight excluding hydrogens is 412 g/mol. The number of benzene rings is 2. The molecule has 0 spiro atoms. The minimum Gasteiger partial charge on any atom is -0.493 e. The lowest BCUT2D eigenvalue weighted by molar-refractivity contribution is 0.0595. The molecule has 1 fully saturated rings. The molecule has 0 N–H and O–H groups in total. The van der Waals surface area contributed by atoms with Gasteiger partial charge in [0.25, 0.3) is 5.91 Å². The van der Waals surface area contributed by atoms with Gasteiger partial charge < -0.3 is 19.3 Å². The first-order valence-electron chi connectivity index (χ1n) is 12.2. The Morgan fingerprint density at radius 1 is 0.909 bits per heavy atom. The number of rotatable bonds is 4. The molecule has 3 aliphatic heterocycles. The summed E-state index contributed by atoms with van der Waals surface area (Å²) in [5, 5.41) is 0. The van der Waals surface area contributed by atoms with E-state index in [0.717, 1.165) is 80.9 Å². The summed E-state index contributed by atoms with van der Waals surface area (Å²) in [4.78, 5) is 17.4. The Morgan fingerprint density at radius 3 is 2.52 bits per heavy atom. The van der Waals surface area contributed by atoms with Crippen LogP contribution >= 0.6 is 0 Å². The van der Waals surface area contributed by atoms with E-state index in [-0.39, 0.29) is 12.0 Å². The molecular formula is C28H30N2O3. The first-order valence-corrected chi connectivity index (χ1v) is 12.2. The van der Waals surface area contributed by atoms with E-state index in [2.05, 4.69) is 41.3 Å². The summed E-state index contributed by atoms with van der Waals surface area (Å²) in [6, 6.07) is 12.4. The number of amides is 1. The van der Waals surface area contributed by atoms with E-state index in [1.54, 1.807) is 0 Å². The van der Waals surface area contributed by atoms with Crippen molar-refractivity contribution in [2.75, 3.05) is 32.8 Å². The Kier molecular flexibility index (Phi) is 5.33. The quantitative estimate of drug-likeness (QED) is 0.713. The van der Waals surface area contributed by atoms with Gasteiger partial charge in [-0.15, -0.1) is 0 Å². The zero-order valence-corrected chi connectivity index (χ0v) is 19.0. The lowest BCUT2D eigenvalue weighted by Gasteiger charge is -2.32. The largest absolute Gasteiger partial charge is 0.493 e. The number of carbonyl (C=O) groups excluding carboxylic acids is 1. The number of carbonyl (C=O) groups is 1. The van der Waals surface area contributed by atoms with E-state index in [9.17, 15) is 4.79 Å². The topological polar surface area (TPSA) is 42.0 Å². The maximum Gasteiger partial charge on any atom is 0.253 e. The van der Waals surface area contributed by atoms with E-state index in [0.29, 0.717) is 6.61 Å². The molecule has 0 saturated carbocycles. The fraction of sp³-hybridized carbons (Fsp3) is 0.393. The van der Waals surface area contributed by atoms with Crippen molar-refractivity contribution in [1.82, 2.24) is 9.80 Å². The average molecular weight is 443 g/mol. The summed E-state index contributed by atoms with van der Waals surface area (Å²) < 4.78 is 11.9. The lowest BCUT2D eigenvalue weighted by atomic mass is 10.0. The number of nitrogens with zero attached hydrogens (tertiary/aromatic N) is 2. The molecule has 1 amide bonds. The van der Waals surface area contributed by atoms with Crippen molar-refractivity contribution in [3.8, 4) is 11.5 Å². The van der Waals surface area contributed by atoms with E-state index in [1.165, 1.54) is 16.8 Å². The van der Waals surface area contributed by atoms with E-state index in [1.807, 2.05) is 23.1 Å². The average Bonchev–Trinajstić information content (AvgIpc) is 3.19. The van der Waals surface area contributed by atoms with Crippen LogP contribution in [0.1, 0.15) is 39.9 Å². The van der Waals surface area contributed by atoms with Crippen molar-refractivity contribution in [2.24, 2.45) is 0 Å². The molecule has 6 rings (SSSR count). The highest BCUT2D eigenvalue weighted by molar-refractivity contribution is 5.94. The van der Waals surface area contributed by atoms with Crippen LogP contribution in [0.4, 0.5) is 0 Å². The second kappa shape index (κ2) is 8.62. The van der Waals surface area contributed by atoms with Gasteiger partial charge in [-0.25, -0.2) is 0 Å². The van der Waals surface area contributed by atoms with Crippen molar-refractivity contribution in [3.63, 3.8) is 0 Å². The Balaban J connectivity index is 1.05. The number of fused-ring (bicyclic) bond motifs is 2. The molecule has 170 valence electrons. The van der Waals surface area contributed by atoms with E-state index < -0.39 is 0 Å². The fourth-order valence-electron chi connectivity index (χ4n) is 5.30. The molecule has 3 heterocycles. The maximum absolute atomic E-state index is 13.0. The number of ether oxygens (including phenoxy) is 2. The normalized spacial score (nSPS) is 19.7. The van der Waals surface area contributed by atoms with Gasteiger partial charge in [0.15, 0.2) is 0 Å². The third-order valence-corrected chi connectivity index (χ3v) is 7.35. The Labute approximate surface area is 195 Å². The van der Waals surface area contributed by atoms with Crippen LogP contribution in [-0.4, -0.2) is 54.6 Å². The predicted octanol–water partition coefficient (Wildman–Crippen LogP) is 4.16. The summed E-state index contributed by atoms with van der Waals surface area (Å²) in [5.41, 5.74) is 6.12. The number of likely N-dealkylation sites (tertiary alicyclic amines) is 1.